The van der Waals surface area contributed by atoms with E-state index in [-0.39, 0.29) is 17.0 Å². The van der Waals surface area contributed by atoms with Crippen LogP contribution >= 0.6 is 11.6 Å². The monoisotopic (exact) mass is 399 g/mol. The number of anilines is 1. The molecule has 0 bridgehead atoms. The predicted molar refractivity (Wildman–Crippen MR) is 109 cm³/mol. The van der Waals surface area contributed by atoms with Gasteiger partial charge in [0, 0.05) is 17.3 Å². The minimum Gasteiger partial charge on any atom is -0.464 e. The molecule has 2 heterocycles. The van der Waals surface area contributed by atoms with E-state index in [1.165, 1.54) is 0 Å². The smallest absolute Gasteiger partial charge is 0.331 e. The third kappa shape index (κ3) is 4.14. The summed E-state index contributed by atoms with van der Waals surface area (Å²) in [6.45, 7) is 6.07. The number of benzene rings is 1. The molecule has 0 radical (unpaired) electrons. The maximum atomic E-state index is 12.3. The normalized spacial score (nSPS) is 12.2. The highest BCUT2D eigenvalue weighted by Crippen LogP contribution is 2.29. The fourth-order valence-corrected chi connectivity index (χ4v) is 3.15. The van der Waals surface area contributed by atoms with Gasteiger partial charge in [-0.15, -0.1) is 10.2 Å². The van der Waals surface area contributed by atoms with Gasteiger partial charge in [0.25, 0.3) is 0 Å². The zero-order chi connectivity index (χ0) is 20.3. The van der Waals surface area contributed by atoms with Crippen molar-refractivity contribution < 1.29 is 9.53 Å². The average molecular weight is 400 g/mol. The number of hydrogen-bond donors (Lipinski definition) is 1. The van der Waals surface area contributed by atoms with Gasteiger partial charge in [-0.2, -0.15) is 5.10 Å². The maximum absolute atomic E-state index is 12.3. The maximum Gasteiger partial charge on any atom is 0.331 e. The highest BCUT2D eigenvalue weighted by molar-refractivity contribution is 6.29. The molecule has 0 saturated carbocycles. The first-order chi connectivity index (χ1) is 13.4. The van der Waals surface area contributed by atoms with Crippen molar-refractivity contribution in [2.45, 2.75) is 26.8 Å². The van der Waals surface area contributed by atoms with Crippen molar-refractivity contribution >= 4 is 23.4 Å². The molecule has 2 aromatic heterocycles. The van der Waals surface area contributed by atoms with Gasteiger partial charge in [0.1, 0.15) is 0 Å². The average Bonchev–Trinajstić information content (AvgIpc) is 3.13. The molecule has 3 rings (SSSR count). The third-order valence-electron chi connectivity index (χ3n) is 4.37. The molecule has 0 aliphatic rings. The Morgan fingerprint density at radius 2 is 1.86 bits per heavy atom. The Morgan fingerprint density at radius 1 is 1.18 bits per heavy atom. The zero-order valence-corrected chi connectivity index (χ0v) is 16.7. The van der Waals surface area contributed by atoms with E-state index in [1.54, 1.807) is 23.9 Å². The second-order valence-corrected chi connectivity index (χ2v) is 7.08. The molecule has 146 valence electrons. The second kappa shape index (κ2) is 8.39. The van der Waals surface area contributed by atoms with E-state index in [9.17, 15) is 4.79 Å². The molecule has 0 amide bonds. The lowest BCUT2D eigenvalue weighted by atomic mass is 10.0. The first kappa shape index (κ1) is 19.8. The number of carbonyl (C=O) groups is 1. The van der Waals surface area contributed by atoms with Crippen LogP contribution in [0.15, 0.2) is 42.7 Å². The topological polar surface area (TPSA) is 95.9 Å². The van der Waals surface area contributed by atoms with Crippen LogP contribution in [0.25, 0.3) is 22.3 Å². The fraction of sp³-hybridized carbons (Fsp3) is 0.300. The van der Waals surface area contributed by atoms with Crippen LogP contribution in [-0.4, -0.2) is 32.6 Å². The molecule has 8 heteroatoms. The summed E-state index contributed by atoms with van der Waals surface area (Å²) < 4.78 is 6.85. The lowest BCUT2D eigenvalue weighted by Gasteiger charge is -2.19. The SMILES string of the molecule is CCOC(=O)C(C(C)C)n1cc(-c2ccc(-c3cc(Cl)nnc3N)cc2)cn1. The Morgan fingerprint density at radius 3 is 2.50 bits per heavy atom. The highest BCUT2D eigenvalue weighted by atomic mass is 35.5. The largest absolute Gasteiger partial charge is 0.464 e. The van der Waals surface area contributed by atoms with Crippen LogP contribution in [0.2, 0.25) is 5.15 Å². The van der Waals surface area contributed by atoms with E-state index in [0.717, 1.165) is 22.3 Å². The Labute approximate surface area is 168 Å². The molecule has 7 nitrogen and oxygen atoms in total. The minimum absolute atomic E-state index is 0.0566. The summed E-state index contributed by atoms with van der Waals surface area (Å²) in [5.74, 6) is 0.0975. The Kier molecular flexibility index (Phi) is 5.94. The van der Waals surface area contributed by atoms with Gasteiger partial charge >= 0.3 is 5.97 Å². The number of ether oxygens (including phenoxy) is 1. The molecule has 28 heavy (non-hydrogen) atoms. The number of nitrogens with two attached hydrogens (primary N) is 1. The summed E-state index contributed by atoms with van der Waals surface area (Å²) in [4.78, 5) is 12.3. The number of aromatic nitrogens is 4. The first-order valence-corrected chi connectivity index (χ1v) is 9.38. The van der Waals surface area contributed by atoms with Gasteiger partial charge in [0.05, 0.1) is 12.8 Å². The molecule has 0 spiro atoms. The van der Waals surface area contributed by atoms with Crippen LogP contribution in [0.1, 0.15) is 26.8 Å². The Hall–Kier alpha value is -2.93. The van der Waals surface area contributed by atoms with E-state index < -0.39 is 6.04 Å². The summed E-state index contributed by atoms with van der Waals surface area (Å²) in [6, 6.07) is 9.00. The molecule has 1 unspecified atom stereocenters. The van der Waals surface area contributed by atoms with Crippen molar-refractivity contribution in [3.8, 4) is 22.3 Å². The molecular weight excluding hydrogens is 378 g/mol. The molecular formula is C20H22ClN5O2. The lowest BCUT2D eigenvalue weighted by Crippen LogP contribution is -2.26. The van der Waals surface area contributed by atoms with Crippen LogP contribution in [0.3, 0.4) is 0 Å². The van der Waals surface area contributed by atoms with Gasteiger partial charge < -0.3 is 10.5 Å². The van der Waals surface area contributed by atoms with Gasteiger partial charge in [0.15, 0.2) is 17.0 Å². The molecule has 1 aromatic carbocycles. The molecule has 0 aliphatic carbocycles. The summed E-state index contributed by atoms with van der Waals surface area (Å²) in [6.07, 6.45) is 3.60. The van der Waals surface area contributed by atoms with E-state index in [4.69, 9.17) is 22.1 Å². The number of hydrogen-bond acceptors (Lipinski definition) is 6. The van der Waals surface area contributed by atoms with Gasteiger partial charge in [-0.3, -0.25) is 4.68 Å². The van der Waals surface area contributed by atoms with Crippen LogP contribution < -0.4 is 5.73 Å². The van der Waals surface area contributed by atoms with Crippen LogP contribution in [-0.2, 0) is 9.53 Å². The Balaban J connectivity index is 1.87. The van der Waals surface area contributed by atoms with E-state index in [2.05, 4.69) is 15.3 Å². The number of nitrogen functional groups attached to an aromatic ring is 1. The van der Waals surface area contributed by atoms with Crippen LogP contribution in [0, 0.1) is 5.92 Å². The van der Waals surface area contributed by atoms with Crippen LogP contribution in [0.4, 0.5) is 5.82 Å². The van der Waals surface area contributed by atoms with Crippen molar-refractivity contribution in [1.29, 1.82) is 0 Å². The van der Waals surface area contributed by atoms with Gasteiger partial charge in [-0.25, -0.2) is 4.79 Å². The molecule has 0 saturated heterocycles. The highest BCUT2D eigenvalue weighted by Gasteiger charge is 2.26. The standard InChI is InChI=1S/C20H22ClN5O2/c1-4-28-20(27)18(12(2)3)26-11-15(10-23-26)13-5-7-14(8-6-13)16-9-17(21)24-25-19(16)22/h5-12,18H,4H2,1-3H3,(H2,22,25). The predicted octanol–water partition coefficient (Wildman–Crippen LogP) is 4.00. The van der Waals surface area contributed by atoms with Crippen molar-refractivity contribution in [3.05, 3.63) is 47.9 Å². The summed E-state index contributed by atoms with van der Waals surface area (Å²) in [5.41, 5.74) is 9.38. The number of halogens is 1. The van der Waals surface area contributed by atoms with Crippen molar-refractivity contribution in [1.82, 2.24) is 20.0 Å². The van der Waals surface area contributed by atoms with E-state index in [0.29, 0.717) is 12.4 Å². The summed E-state index contributed by atoms with van der Waals surface area (Å²) in [5, 5.41) is 12.2. The van der Waals surface area contributed by atoms with Gasteiger partial charge in [-0.1, -0.05) is 49.7 Å². The number of nitrogens with zero attached hydrogens (tertiary/aromatic N) is 4. The zero-order valence-electron chi connectivity index (χ0n) is 16.0. The molecule has 2 N–H and O–H groups in total. The summed E-state index contributed by atoms with van der Waals surface area (Å²) >= 11 is 5.92. The molecule has 1 atom stereocenters. The fourth-order valence-electron chi connectivity index (χ4n) is 3.00. The van der Waals surface area contributed by atoms with Crippen LogP contribution in [0.5, 0.6) is 0 Å². The first-order valence-electron chi connectivity index (χ1n) is 9.01. The third-order valence-corrected chi connectivity index (χ3v) is 4.55. The Bertz CT molecular complexity index is 969. The minimum atomic E-state index is -0.460. The van der Waals surface area contributed by atoms with E-state index in [1.807, 2.05) is 44.3 Å². The number of carbonyl (C=O) groups excluding carboxylic acids is 1. The van der Waals surface area contributed by atoms with Gasteiger partial charge in [0.2, 0.25) is 0 Å². The van der Waals surface area contributed by atoms with Crippen molar-refractivity contribution in [2.75, 3.05) is 12.3 Å². The molecule has 0 fully saturated rings. The van der Waals surface area contributed by atoms with Crippen molar-refractivity contribution in [3.63, 3.8) is 0 Å². The second-order valence-electron chi connectivity index (χ2n) is 6.69. The number of esters is 1. The van der Waals surface area contributed by atoms with Gasteiger partial charge in [-0.05, 0) is 30.0 Å². The molecule has 3 aromatic rings. The number of rotatable bonds is 6. The molecule has 0 aliphatic heterocycles. The summed E-state index contributed by atoms with van der Waals surface area (Å²) in [7, 11) is 0. The lowest BCUT2D eigenvalue weighted by molar-refractivity contribution is -0.149. The van der Waals surface area contributed by atoms with Crippen molar-refractivity contribution in [2.24, 2.45) is 5.92 Å². The van der Waals surface area contributed by atoms with E-state index >= 15 is 0 Å². The quantitative estimate of drug-likeness (QED) is 0.629.